The first-order valence-electron chi connectivity index (χ1n) is 16.4. The van der Waals surface area contributed by atoms with Crippen LogP contribution in [0.5, 0.6) is 0 Å². The van der Waals surface area contributed by atoms with Crippen LogP contribution in [0.2, 0.25) is 0 Å². The van der Waals surface area contributed by atoms with Gasteiger partial charge in [-0.25, -0.2) is 0 Å². The van der Waals surface area contributed by atoms with Crippen LogP contribution in [-0.4, -0.2) is 0 Å². The maximum atomic E-state index is 2.47. The summed E-state index contributed by atoms with van der Waals surface area (Å²) in [5.41, 5.74) is 10.7. The molecule has 0 aliphatic rings. The van der Waals surface area contributed by atoms with Crippen LogP contribution in [0.15, 0.2) is 188 Å². The summed E-state index contributed by atoms with van der Waals surface area (Å²) >= 11 is 1.88. The molecule has 8 aromatic carbocycles. The van der Waals surface area contributed by atoms with E-state index < -0.39 is 0 Å². The fourth-order valence-electron chi connectivity index (χ4n) is 6.95. The minimum absolute atomic E-state index is 1.12. The van der Waals surface area contributed by atoms with Gasteiger partial charge in [-0.3, -0.25) is 0 Å². The van der Waals surface area contributed by atoms with E-state index in [1.165, 1.54) is 70.0 Å². The van der Waals surface area contributed by atoms with Gasteiger partial charge in [-0.15, -0.1) is 11.3 Å². The highest BCUT2D eigenvalue weighted by molar-refractivity contribution is 7.26. The molecule has 0 N–H and O–H groups in total. The molecule has 226 valence electrons. The van der Waals surface area contributed by atoms with Crippen LogP contribution >= 0.6 is 11.3 Å². The van der Waals surface area contributed by atoms with Crippen molar-refractivity contribution in [1.29, 1.82) is 0 Å². The second-order valence-corrected chi connectivity index (χ2v) is 13.2. The summed E-state index contributed by atoms with van der Waals surface area (Å²) in [6.45, 7) is 0. The van der Waals surface area contributed by atoms with Gasteiger partial charge in [0.25, 0.3) is 0 Å². The van der Waals surface area contributed by atoms with Crippen molar-refractivity contribution in [3.05, 3.63) is 188 Å². The summed E-state index contributed by atoms with van der Waals surface area (Å²) in [6.07, 6.45) is 0. The Morgan fingerprint density at radius 2 is 0.896 bits per heavy atom. The van der Waals surface area contributed by atoms with Crippen molar-refractivity contribution < 1.29 is 0 Å². The number of thiophene rings is 1. The number of hydrogen-bond donors (Lipinski definition) is 0. The van der Waals surface area contributed by atoms with E-state index in [1.807, 2.05) is 11.3 Å². The highest BCUT2D eigenvalue weighted by Crippen LogP contribution is 2.49. The Labute approximate surface area is 284 Å². The van der Waals surface area contributed by atoms with Crippen LogP contribution < -0.4 is 4.90 Å². The molecule has 0 atom stereocenters. The number of anilines is 3. The zero-order valence-electron chi connectivity index (χ0n) is 26.3. The van der Waals surface area contributed by atoms with Gasteiger partial charge in [-0.2, -0.15) is 0 Å². The lowest BCUT2D eigenvalue weighted by molar-refractivity contribution is 1.30. The smallest absolute Gasteiger partial charge is 0.0647 e. The Kier molecular flexibility index (Phi) is 7.07. The highest BCUT2D eigenvalue weighted by Gasteiger charge is 2.22. The van der Waals surface area contributed by atoms with Gasteiger partial charge in [-0.05, 0) is 68.9 Å². The Morgan fingerprint density at radius 3 is 1.60 bits per heavy atom. The first kappa shape index (κ1) is 28.3. The number of nitrogens with zero attached hydrogens (tertiary/aromatic N) is 1. The predicted molar refractivity (Wildman–Crippen MR) is 208 cm³/mol. The van der Waals surface area contributed by atoms with Gasteiger partial charge in [0.15, 0.2) is 0 Å². The third-order valence-corrected chi connectivity index (χ3v) is 10.5. The van der Waals surface area contributed by atoms with Gasteiger partial charge in [0, 0.05) is 26.7 Å². The van der Waals surface area contributed by atoms with Gasteiger partial charge in [0.2, 0.25) is 0 Å². The van der Waals surface area contributed by atoms with Crippen LogP contribution in [0.1, 0.15) is 0 Å². The number of hydrogen-bond acceptors (Lipinski definition) is 2. The fourth-order valence-corrected chi connectivity index (χ4v) is 8.17. The van der Waals surface area contributed by atoms with Crippen molar-refractivity contribution in [1.82, 2.24) is 0 Å². The number of benzene rings is 8. The number of rotatable bonds is 6. The maximum Gasteiger partial charge on any atom is 0.0647 e. The average molecular weight is 630 g/mol. The standard InChI is InChI=1S/C46H31NS/c1-3-13-32(14-4-1)34-23-25-36(26-24-34)39-18-9-11-21-42(39)47(38-29-27-35(28-30-38)33-15-5-2-6-16-33)43-31-37-17-7-8-19-40(37)45-41-20-10-12-22-44(41)48-46(43)45/h1-31H. The van der Waals surface area contributed by atoms with Crippen molar-refractivity contribution in [2.75, 3.05) is 4.90 Å². The van der Waals surface area contributed by atoms with E-state index in [0.717, 1.165) is 11.4 Å². The molecule has 9 rings (SSSR count). The fraction of sp³-hybridized carbons (Fsp3) is 0. The first-order chi connectivity index (χ1) is 23.8. The molecule has 0 radical (unpaired) electrons. The molecule has 0 fully saturated rings. The van der Waals surface area contributed by atoms with E-state index >= 15 is 0 Å². The predicted octanol–water partition coefficient (Wildman–Crippen LogP) is 13.7. The molecule has 1 nitrogen and oxygen atoms in total. The van der Waals surface area contributed by atoms with Gasteiger partial charge >= 0.3 is 0 Å². The summed E-state index contributed by atoms with van der Waals surface area (Å²) in [6, 6.07) is 68.1. The molecule has 1 aromatic heterocycles. The van der Waals surface area contributed by atoms with Crippen LogP contribution in [0, 0.1) is 0 Å². The third kappa shape index (κ3) is 4.95. The Balaban J connectivity index is 1.28. The lowest BCUT2D eigenvalue weighted by Crippen LogP contribution is -2.11. The topological polar surface area (TPSA) is 3.24 Å². The van der Waals surface area contributed by atoms with E-state index in [4.69, 9.17) is 0 Å². The molecule has 9 aromatic rings. The molecule has 0 unspecified atom stereocenters. The second kappa shape index (κ2) is 12.0. The van der Waals surface area contributed by atoms with Crippen molar-refractivity contribution >= 4 is 59.3 Å². The number of para-hydroxylation sites is 1. The lowest BCUT2D eigenvalue weighted by Gasteiger charge is -2.29. The van der Waals surface area contributed by atoms with Gasteiger partial charge < -0.3 is 4.90 Å². The molecular weight excluding hydrogens is 599 g/mol. The van der Waals surface area contributed by atoms with Crippen LogP contribution in [0.3, 0.4) is 0 Å². The summed E-state index contributed by atoms with van der Waals surface area (Å²) in [4.78, 5) is 2.47. The molecule has 0 saturated heterocycles. The van der Waals surface area contributed by atoms with Crippen LogP contribution in [-0.2, 0) is 0 Å². The lowest BCUT2D eigenvalue weighted by atomic mass is 9.97. The molecule has 0 aliphatic carbocycles. The Morgan fingerprint density at radius 1 is 0.375 bits per heavy atom. The van der Waals surface area contributed by atoms with Crippen LogP contribution in [0.4, 0.5) is 17.1 Å². The highest BCUT2D eigenvalue weighted by atomic mass is 32.1. The molecular formula is C46H31NS. The van der Waals surface area contributed by atoms with E-state index in [0.29, 0.717) is 0 Å². The monoisotopic (exact) mass is 629 g/mol. The van der Waals surface area contributed by atoms with Crippen LogP contribution in [0.25, 0.3) is 64.3 Å². The summed E-state index contributed by atoms with van der Waals surface area (Å²) in [5, 5.41) is 5.15. The Bertz CT molecular complexity index is 2530. The van der Waals surface area contributed by atoms with E-state index in [9.17, 15) is 0 Å². The SMILES string of the molecule is c1ccc(-c2ccc(-c3ccccc3N(c3ccc(-c4ccccc4)cc3)c3cc4ccccc4c4c3sc3ccccc34)cc2)cc1. The molecule has 1 heterocycles. The molecule has 0 aliphatic heterocycles. The molecule has 0 saturated carbocycles. The zero-order chi connectivity index (χ0) is 31.9. The minimum atomic E-state index is 1.12. The summed E-state index contributed by atoms with van der Waals surface area (Å²) < 4.78 is 2.59. The number of fused-ring (bicyclic) bond motifs is 5. The molecule has 0 spiro atoms. The van der Waals surface area contributed by atoms with Crippen molar-refractivity contribution in [2.45, 2.75) is 0 Å². The van der Waals surface area contributed by atoms with E-state index in [2.05, 4.69) is 193 Å². The van der Waals surface area contributed by atoms with Gasteiger partial charge in [-0.1, -0.05) is 158 Å². The zero-order valence-corrected chi connectivity index (χ0v) is 27.1. The normalized spacial score (nSPS) is 11.3. The molecule has 0 bridgehead atoms. The van der Waals surface area contributed by atoms with Crippen molar-refractivity contribution in [3.63, 3.8) is 0 Å². The molecule has 48 heavy (non-hydrogen) atoms. The summed E-state index contributed by atoms with van der Waals surface area (Å²) in [5.74, 6) is 0. The first-order valence-corrected chi connectivity index (χ1v) is 17.2. The van der Waals surface area contributed by atoms with Crippen molar-refractivity contribution in [3.8, 4) is 33.4 Å². The third-order valence-electron chi connectivity index (χ3n) is 9.27. The molecule has 0 amide bonds. The summed E-state index contributed by atoms with van der Waals surface area (Å²) in [7, 11) is 0. The second-order valence-electron chi connectivity index (χ2n) is 12.1. The quantitative estimate of drug-likeness (QED) is 0.177. The van der Waals surface area contributed by atoms with Crippen molar-refractivity contribution in [2.24, 2.45) is 0 Å². The maximum absolute atomic E-state index is 2.47. The largest absolute Gasteiger partial charge is 0.308 e. The van der Waals surface area contributed by atoms with E-state index in [-0.39, 0.29) is 0 Å². The minimum Gasteiger partial charge on any atom is -0.308 e. The average Bonchev–Trinajstić information content (AvgIpc) is 3.57. The van der Waals surface area contributed by atoms with E-state index in [1.54, 1.807) is 0 Å². The Hall–Kier alpha value is -5.96. The molecule has 2 heteroatoms. The van der Waals surface area contributed by atoms with Gasteiger partial charge in [0.05, 0.1) is 16.1 Å². The van der Waals surface area contributed by atoms with Gasteiger partial charge in [0.1, 0.15) is 0 Å².